The van der Waals surface area contributed by atoms with Crippen LogP contribution in [0.2, 0.25) is 0 Å². The average Bonchev–Trinajstić information content (AvgIpc) is 3.12. The molecule has 0 radical (unpaired) electrons. The standard InChI is InChI=1S/C15H15N3O3S2/c1-18(9-11-6-7-22-10-11)14(19)8-16-15-12-4-2-3-5-13(12)23(20,21)17-15/h2-7,10H,8-9H2,1H3,(H,16,17). The number of sulfonamides is 1. The van der Waals surface area contributed by atoms with E-state index in [2.05, 4.69) is 9.71 Å². The van der Waals surface area contributed by atoms with Crippen molar-refractivity contribution in [2.24, 2.45) is 4.99 Å². The van der Waals surface area contributed by atoms with E-state index >= 15 is 0 Å². The third-order valence-corrected chi connectivity index (χ3v) is 5.59. The lowest BCUT2D eigenvalue weighted by Crippen LogP contribution is -2.29. The lowest BCUT2D eigenvalue weighted by Gasteiger charge is -2.15. The van der Waals surface area contributed by atoms with Gasteiger partial charge in [-0.1, -0.05) is 12.1 Å². The van der Waals surface area contributed by atoms with E-state index in [9.17, 15) is 13.2 Å². The molecule has 1 aliphatic rings. The van der Waals surface area contributed by atoms with Crippen molar-refractivity contribution in [3.63, 3.8) is 0 Å². The molecule has 1 aliphatic heterocycles. The molecule has 0 unspecified atom stereocenters. The average molecular weight is 349 g/mol. The highest BCUT2D eigenvalue weighted by Crippen LogP contribution is 2.22. The molecule has 2 heterocycles. The van der Waals surface area contributed by atoms with Gasteiger partial charge < -0.3 is 4.90 Å². The van der Waals surface area contributed by atoms with Gasteiger partial charge in [0.05, 0.1) is 4.90 Å². The molecule has 3 rings (SSSR count). The van der Waals surface area contributed by atoms with Crippen molar-refractivity contribution < 1.29 is 13.2 Å². The number of hydrogen-bond donors (Lipinski definition) is 1. The van der Waals surface area contributed by atoms with E-state index in [0.29, 0.717) is 12.1 Å². The summed E-state index contributed by atoms with van der Waals surface area (Å²) in [6, 6.07) is 8.54. The number of amidine groups is 1. The van der Waals surface area contributed by atoms with Crippen molar-refractivity contribution in [3.8, 4) is 0 Å². The minimum absolute atomic E-state index is 0.104. The molecule has 0 saturated heterocycles. The largest absolute Gasteiger partial charge is 0.340 e. The maximum Gasteiger partial charge on any atom is 0.263 e. The lowest BCUT2D eigenvalue weighted by atomic mass is 10.2. The number of benzene rings is 1. The molecule has 6 nitrogen and oxygen atoms in total. The number of amides is 1. The molecular weight excluding hydrogens is 334 g/mol. The summed E-state index contributed by atoms with van der Waals surface area (Å²) in [5.74, 6) is 0.0464. The van der Waals surface area contributed by atoms with Gasteiger partial charge in [-0.05, 0) is 34.5 Å². The second-order valence-corrected chi connectivity index (χ2v) is 7.58. The maximum atomic E-state index is 12.1. The highest BCUT2D eigenvalue weighted by molar-refractivity contribution is 7.90. The Hall–Kier alpha value is -2.19. The van der Waals surface area contributed by atoms with Gasteiger partial charge in [-0.15, -0.1) is 0 Å². The van der Waals surface area contributed by atoms with E-state index in [1.165, 1.54) is 6.07 Å². The van der Waals surface area contributed by atoms with Crippen LogP contribution in [0.1, 0.15) is 11.1 Å². The summed E-state index contributed by atoms with van der Waals surface area (Å²) in [5, 5.41) is 3.94. The predicted molar refractivity (Wildman–Crippen MR) is 89.0 cm³/mol. The fraction of sp³-hybridized carbons (Fsp3) is 0.200. The van der Waals surface area contributed by atoms with Gasteiger partial charge in [-0.2, -0.15) is 11.3 Å². The smallest absolute Gasteiger partial charge is 0.263 e. The fourth-order valence-corrected chi connectivity index (χ4v) is 4.17. The van der Waals surface area contributed by atoms with Crippen molar-refractivity contribution in [1.82, 2.24) is 9.62 Å². The second-order valence-electron chi connectivity index (χ2n) is 5.15. The van der Waals surface area contributed by atoms with Crippen LogP contribution in [0.5, 0.6) is 0 Å². The third-order valence-electron chi connectivity index (χ3n) is 3.46. The summed E-state index contributed by atoms with van der Waals surface area (Å²) in [6.07, 6.45) is 0. The number of nitrogens with zero attached hydrogens (tertiary/aromatic N) is 2. The van der Waals surface area contributed by atoms with Gasteiger partial charge in [0.15, 0.2) is 0 Å². The molecule has 2 aromatic rings. The number of hydrogen-bond acceptors (Lipinski definition) is 5. The Bertz CT molecular complexity index is 858. The number of rotatable bonds is 4. The molecule has 0 bridgehead atoms. The van der Waals surface area contributed by atoms with Gasteiger partial charge in [-0.3, -0.25) is 14.5 Å². The van der Waals surface area contributed by atoms with Crippen LogP contribution in [-0.2, 0) is 21.4 Å². The highest BCUT2D eigenvalue weighted by atomic mass is 32.2. The zero-order chi connectivity index (χ0) is 16.4. The van der Waals surface area contributed by atoms with E-state index in [1.54, 1.807) is 41.5 Å². The first kappa shape index (κ1) is 15.7. The van der Waals surface area contributed by atoms with Crippen molar-refractivity contribution >= 4 is 33.1 Å². The fourth-order valence-electron chi connectivity index (χ4n) is 2.26. The second kappa shape index (κ2) is 6.13. The van der Waals surface area contributed by atoms with Crippen molar-refractivity contribution in [3.05, 3.63) is 52.2 Å². The number of aliphatic imine (C=N–C) groups is 1. The van der Waals surface area contributed by atoms with E-state index in [-0.39, 0.29) is 23.2 Å². The van der Waals surface area contributed by atoms with Crippen molar-refractivity contribution in [2.45, 2.75) is 11.4 Å². The number of likely N-dealkylation sites (N-methyl/N-ethyl adjacent to an activating group) is 1. The molecule has 0 aliphatic carbocycles. The van der Waals surface area contributed by atoms with Crippen LogP contribution in [0, 0.1) is 0 Å². The zero-order valence-electron chi connectivity index (χ0n) is 12.4. The first-order valence-corrected chi connectivity index (χ1v) is 9.32. The van der Waals surface area contributed by atoms with Gasteiger partial charge in [0.1, 0.15) is 12.4 Å². The van der Waals surface area contributed by atoms with Gasteiger partial charge in [0.25, 0.3) is 10.0 Å². The summed E-state index contributed by atoms with van der Waals surface area (Å²) in [6.45, 7) is 0.405. The number of carbonyl (C=O) groups excluding carboxylic acids is 1. The summed E-state index contributed by atoms with van der Waals surface area (Å²) in [5.41, 5.74) is 1.56. The van der Waals surface area contributed by atoms with Gasteiger partial charge in [0.2, 0.25) is 5.91 Å². The first-order valence-electron chi connectivity index (χ1n) is 6.89. The minimum Gasteiger partial charge on any atom is -0.340 e. The van der Waals surface area contributed by atoms with Gasteiger partial charge >= 0.3 is 0 Å². The van der Waals surface area contributed by atoms with Crippen molar-refractivity contribution in [1.29, 1.82) is 0 Å². The third kappa shape index (κ3) is 3.27. The molecule has 0 spiro atoms. The normalized spacial score (nSPS) is 16.8. The Morgan fingerprint density at radius 2 is 2.09 bits per heavy atom. The predicted octanol–water partition coefficient (Wildman–Crippen LogP) is 1.45. The highest BCUT2D eigenvalue weighted by Gasteiger charge is 2.30. The Balaban J connectivity index is 1.72. The van der Waals surface area contributed by atoms with Crippen LogP contribution in [-0.4, -0.2) is 38.7 Å². The number of thiophene rings is 1. The Morgan fingerprint density at radius 1 is 1.30 bits per heavy atom. The number of fused-ring (bicyclic) bond motifs is 1. The summed E-state index contributed by atoms with van der Waals surface area (Å²) in [4.78, 5) is 18.1. The molecule has 1 aromatic carbocycles. The zero-order valence-corrected chi connectivity index (χ0v) is 14.0. The van der Waals surface area contributed by atoms with Crippen LogP contribution < -0.4 is 4.72 Å². The monoisotopic (exact) mass is 349 g/mol. The molecule has 0 atom stereocenters. The van der Waals surface area contributed by atoms with E-state index in [0.717, 1.165) is 5.56 Å². The first-order chi connectivity index (χ1) is 11.0. The van der Waals surface area contributed by atoms with Crippen molar-refractivity contribution in [2.75, 3.05) is 13.6 Å². The van der Waals surface area contributed by atoms with E-state index in [1.807, 2.05) is 16.8 Å². The molecular formula is C15H15N3O3S2. The van der Waals surface area contributed by atoms with Crippen LogP contribution in [0.15, 0.2) is 51.0 Å². The van der Waals surface area contributed by atoms with E-state index in [4.69, 9.17) is 0 Å². The van der Waals surface area contributed by atoms with E-state index < -0.39 is 10.0 Å². The number of carbonyl (C=O) groups is 1. The molecule has 1 N–H and O–H groups in total. The molecule has 1 aromatic heterocycles. The Morgan fingerprint density at radius 3 is 2.83 bits per heavy atom. The molecule has 0 saturated carbocycles. The van der Waals surface area contributed by atoms with Crippen LogP contribution >= 0.6 is 11.3 Å². The minimum atomic E-state index is -3.57. The Labute approximate surface area is 138 Å². The molecule has 8 heteroatoms. The molecule has 23 heavy (non-hydrogen) atoms. The van der Waals surface area contributed by atoms with Crippen LogP contribution in [0.3, 0.4) is 0 Å². The Kier molecular flexibility index (Phi) is 4.18. The summed E-state index contributed by atoms with van der Waals surface area (Å²) < 4.78 is 26.3. The summed E-state index contributed by atoms with van der Waals surface area (Å²) in [7, 11) is -1.87. The van der Waals surface area contributed by atoms with Crippen LogP contribution in [0.4, 0.5) is 0 Å². The maximum absolute atomic E-state index is 12.1. The van der Waals surface area contributed by atoms with Gasteiger partial charge in [-0.25, -0.2) is 8.42 Å². The summed E-state index contributed by atoms with van der Waals surface area (Å²) >= 11 is 1.58. The lowest BCUT2D eigenvalue weighted by molar-refractivity contribution is -0.128. The van der Waals surface area contributed by atoms with Crippen LogP contribution in [0.25, 0.3) is 0 Å². The molecule has 1 amide bonds. The molecule has 0 fully saturated rings. The number of nitrogens with one attached hydrogen (secondary N) is 1. The molecule has 120 valence electrons. The topological polar surface area (TPSA) is 78.8 Å². The van der Waals surface area contributed by atoms with Gasteiger partial charge in [0, 0.05) is 19.2 Å². The SMILES string of the molecule is CN(Cc1ccsc1)C(=O)CN=C1NS(=O)(=O)c2ccccc21. The quantitative estimate of drug-likeness (QED) is 0.907.